The molecule has 2 unspecified atom stereocenters. The lowest BCUT2D eigenvalue weighted by Gasteiger charge is -2.39. The van der Waals surface area contributed by atoms with E-state index >= 15 is 0 Å². The third-order valence-corrected chi connectivity index (χ3v) is 4.06. The summed E-state index contributed by atoms with van der Waals surface area (Å²) in [5.41, 5.74) is 5.51. The van der Waals surface area contributed by atoms with E-state index in [0.29, 0.717) is 6.04 Å². The Morgan fingerprint density at radius 1 is 1.64 bits per heavy atom. The van der Waals surface area contributed by atoms with Crippen molar-refractivity contribution in [3.05, 3.63) is 0 Å². The summed E-state index contributed by atoms with van der Waals surface area (Å²) >= 11 is 1.94. The zero-order valence-electron chi connectivity index (χ0n) is 9.17. The average Bonchev–Trinajstić information content (AvgIpc) is 2.08. The Bertz CT molecular complexity index is 218. The van der Waals surface area contributed by atoms with Crippen LogP contribution in [0.25, 0.3) is 0 Å². The summed E-state index contributed by atoms with van der Waals surface area (Å²) in [5.74, 6) is 2.03. The van der Waals surface area contributed by atoms with Gasteiger partial charge in [0.05, 0.1) is 6.04 Å². The minimum Gasteiger partial charge on any atom is -0.368 e. The maximum Gasteiger partial charge on any atom is 0.234 e. The zero-order chi connectivity index (χ0) is 10.8. The molecular formula is C10H20N2OS. The van der Waals surface area contributed by atoms with Gasteiger partial charge in [0.15, 0.2) is 0 Å². The molecule has 0 radical (unpaired) electrons. The monoisotopic (exact) mass is 216 g/mol. The molecule has 1 aliphatic rings. The predicted molar refractivity (Wildman–Crippen MR) is 61.3 cm³/mol. The lowest BCUT2D eigenvalue weighted by atomic mass is 9.82. The number of amides is 1. The Labute approximate surface area is 90.2 Å². The second kappa shape index (κ2) is 4.53. The first kappa shape index (κ1) is 11.9. The fourth-order valence-corrected chi connectivity index (χ4v) is 3.21. The molecular weight excluding hydrogens is 196 g/mol. The third kappa shape index (κ3) is 2.89. The SMILES string of the molecule is CC(NC1CSCCC1(C)C)C(N)=O. The van der Waals surface area contributed by atoms with Gasteiger partial charge in [-0.1, -0.05) is 13.8 Å². The molecule has 2 atom stereocenters. The van der Waals surface area contributed by atoms with E-state index in [4.69, 9.17) is 5.73 Å². The molecule has 0 bridgehead atoms. The highest BCUT2D eigenvalue weighted by atomic mass is 32.2. The van der Waals surface area contributed by atoms with Gasteiger partial charge in [-0.25, -0.2) is 0 Å². The van der Waals surface area contributed by atoms with Gasteiger partial charge < -0.3 is 11.1 Å². The standard InChI is InChI=1S/C10H20N2OS/c1-7(9(11)13)12-8-6-14-5-4-10(8,2)3/h7-8,12H,4-6H2,1-3H3,(H2,11,13). The van der Waals surface area contributed by atoms with Crippen LogP contribution in [0.5, 0.6) is 0 Å². The number of nitrogens with two attached hydrogens (primary N) is 1. The first-order valence-corrected chi connectivity index (χ1v) is 6.22. The Kier molecular flexibility index (Phi) is 3.84. The van der Waals surface area contributed by atoms with Crippen LogP contribution in [0.1, 0.15) is 27.2 Å². The summed E-state index contributed by atoms with van der Waals surface area (Å²) < 4.78 is 0. The molecule has 1 fully saturated rings. The van der Waals surface area contributed by atoms with Crippen LogP contribution in [0.2, 0.25) is 0 Å². The van der Waals surface area contributed by atoms with Gasteiger partial charge in [0.1, 0.15) is 0 Å². The van der Waals surface area contributed by atoms with E-state index in [2.05, 4.69) is 19.2 Å². The largest absolute Gasteiger partial charge is 0.368 e. The van der Waals surface area contributed by atoms with Crippen LogP contribution in [0.4, 0.5) is 0 Å². The maximum atomic E-state index is 10.9. The molecule has 1 heterocycles. The second-order valence-electron chi connectivity index (χ2n) is 4.66. The van der Waals surface area contributed by atoms with E-state index in [1.165, 1.54) is 12.2 Å². The smallest absolute Gasteiger partial charge is 0.234 e. The van der Waals surface area contributed by atoms with Crippen molar-refractivity contribution in [3.8, 4) is 0 Å². The molecule has 1 saturated heterocycles. The molecule has 82 valence electrons. The van der Waals surface area contributed by atoms with Crippen molar-refractivity contribution in [3.63, 3.8) is 0 Å². The summed E-state index contributed by atoms with van der Waals surface area (Å²) in [4.78, 5) is 10.9. The van der Waals surface area contributed by atoms with Gasteiger partial charge in [-0.05, 0) is 24.5 Å². The van der Waals surface area contributed by atoms with Crippen LogP contribution in [0, 0.1) is 5.41 Å². The van der Waals surface area contributed by atoms with Gasteiger partial charge in [0.2, 0.25) is 5.91 Å². The van der Waals surface area contributed by atoms with Crippen molar-refractivity contribution in [2.24, 2.45) is 11.1 Å². The molecule has 3 N–H and O–H groups in total. The van der Waals surface area contributed by atoms with Crippen molar-refractivity contribution < 1.29 is 4.79 Å². The van der Waals surface area contributed by atoms with Crippen LogP contribution < -0.4 is 11.1 Å². The number of nitrogens with one attached hydrogen (secondary N) is 1. The van der Waals surface area contributed by atoms with Gasteiger partial charge >= 0.3 is 0 Å². The van der Waals surface area contributed by atoms with Crippen LogP contribution >= 0.6 is 11.8 Å². The van der Waals surface area contributed by atoms with Gasteiger partial charge in [-0.3, -0.25) is 4.79 Å². The Morgan fingerprint density at radius 2 is 2.29 bits per heavy atom. The quantitative estimate of drug-likeness (QED) is 0.739. The average molecular weight is 216 g/mol. The number of rotatable bonds is 3. The van der Waals surface area contributed by atoms with Gasteiger partial charge in [-0.15, -0.1) is 0 Å². The minimum absolute atomic E-state index is 0.224. The fraction of sp³-hybridized carbons (Fsp3) is 0.900. The first-order chi connectivity index (χ1) is 6.43. The summed E-state index contributed by atoms with van der Waals surface area (Å²) in [6, 6.07) is 0.168. The van der Waals surface area contributed by atoms with Crippen LogP contribution in [0.15, 0.2) is 0 Å². The maximum absolute atomic E-state index is 10.9. The molecule has 0 aliphatic carbocycles. The summed E-state index contributed by atoms with van der Waals surface area (Å²) in [6.45, 7) is 6.33. The molecule has 0 aromatic rings. The van der Waals surface area contributed by atoms with E-state index < -0.39 is 0 Å². The molecule has 1 rings (SSSR count). The third-order valence-electron chi connectivity index (χ3n) is 3.00. The number of carbonyl (C=O) groups is 1. The Morgan fingerprint density at radius 3 is 2.79 bits per heavy atom. The van der Waals surface area contributed by atoms with Gasteiger partial charge in [0.25, 0.3) is 0 Å². The number of hydrogen-bond donors (Lipinski definition) is 2. The van der Waals surface area contributed by atoms with Gasteiger partial charge in [-0.2, -0.15) is 11.8 Å². The highest BCUT2D eigenvalue weighted by Gasteiger charge is 2.33. The second-order valence-corrected chi connectivity index (χ2v) is 5.81. The highest BCUT2D eigenvalue weighted by Crippen LogP contribution is 2.34. The molecule has 1 amide bonds. The van der Waals surface area contributed by atoms with E-state index in [0.717, 1.165) is 5.75 Å². The lowest BCUT2D eigenvalue weighted by Crippen LogP contribution is -2.53. The van der Waals surface area contributed by atoms with Gasteiger partial charge in [0, 0.05) is 11.8 Å². The van der Waals surface area contributed by atoms with E-state index in [1.54, 1.807) is 0 Å². The molecule has 4 heteroatoms. The zero-order valence-corrected chi connectivity index (χ0v) is 9.99. The molecule has 0 spiro atoms. The van der Waals surface area contributed by atoms with Crippen molar-refractivity contribution in [1.29, 1.82) is 0 Å². The van der Waals surface area contributed by atoms with Crippen LogP contribution in [-0.2, 0) is 4.79 Å². The van der Waals surface area contributed by atoms with E-state index in [1.807, 2.05) is 18.7 Å². The lowest BCUT2D eigenvalue weighted by molar-refractivity contribution is -0.119. The summed E-state index contributed by atoms with van der Waals surface area (Å²) in [5, 5.41) is 3.31. The predicted octanol–water partition coefficient (Wildman–Crippen LogP) is 0.981. The molecule has 0 saturated carbocycles. The van der Waals surface area contributed by atoms with E-state index in [9.17, 15) is 4.79 Å². The Hall–Kier alpha value is -0.220. The molecule has 0 aromatic heterocycles. The molecule has 3 nitrogen and oxygen atoms in total. The number of carbonyl (C=O) groups excluding carboxylic acids is 1. The number of primary amides is 1. The summed E-state index contributed by atoms with van der Waals surface area (Å²) in [6.07, 6.45) is 1.20. The topological polar surface area (TPSA) is 55.1 Å². The Balaban J connectivity index is 2.53. The van der Waals surface area contributed by atoms with E-state index in [-0.39, 0.29) is 17.4 Å². The van der Waals surface area contributed by atoms with Crippen molar-refractivity contribution in [1.82, 2.24) is 5.32 Å². The normalized spacial score (nSPS) is 28.4. The number of thioether (sulfide) groups is 1. The minimum atomic E-state index is -0.267. The van der Waals surface area contributed by atoms with Crippen molar-refractivity contribution in [2.75, 3.05) is 11.5 Å². The molecule has 1 aliphatic heterocycles. The summed E-state index contributed by atoms with van der Waals surface area (Å²) in [7, 11) is 0. The van der Waals surface area contributed by atoms with Crippen LogP contribution in [-0.4, -0.2) is 29.5 Å². The number of hydrogen-bond acceptors (Lipinski definition) is 3. The highest BCUT2D eigenvalue weighted by molar-refractivity contribution is 7.99. The molecule has 0 aromatic carbocycles. The fourth-order valence-electron chi connectivity index (χ4n) is 1.59. The molecule has 14 heavy (non-hydrogen) atoms. The van der Waals surface area contributed by atoms with Crippen molar-refractivity contribution in [2.45, 2.75) is 39.3 Å². The van der Waals surface area contributed by atoms with Crippen molar-refractivity contribution >= 4 is 17.7 Å². The first-order valence-electron chi connectivity index (χ1n) is 5.06. The van der Waals surface area contributed by atoms with Crippen LogP contribution in [0.3, 0.4) is 0 Å².